The number of benzene rings is 1. The van der Waals surface area contributed by atoms with Crippen molar-refractivity contribution in [2.45, 2.75) is 31.9 Å². The molecule has 0 heterocycles. The molecule has 5 radical (unpaired) electrons. The van der Waals surface area contributed by atoms with Gasteiger partial charge in [-0.1, -0.05) is 36.9 Å². The van der Waals surface area contributed by atoms with Crippen LogP contribution in [0.3, 0.4) is 0 Å². The van der Waals surface area contributed by atoms with E-state index in [2.05, 4.69) is 57.0 Å². The molecule has 0 amide bonds. The Morgan fingerprint density at radius 3 is 2.42 bits per heavy atom. The summed E-state index contributed by atoms with van der Waals surface area (Å²) in [6, 6.07) is 8.41. The van der Waals surface area contributed by atoms with Crippen LogP contribution in [0.1, 0.15) is 5.56 Å². The fraction of sp³-hybridized carbons (Fsp3) is 0.385. The first-order valence-electron chi connectivity index (χ1n) is 6.29. The Balaban J connectivity index is 2.38. The summed E-state index contributed by atoms with van der Waals surface area (Å²) in [6.07, 6.45) is 1.86. The molecule has 1 rings (SSSR count). The standard InChI is InChI=1S/C13H21O2Si4/c1-6-12-7-9-13(10-8-12)17-15-19(4,5)11-16-14-18(2)3/h6-10H,1,11H2,2-5H3. The molecule has 0 unspecified atom stereocenters. The molecule has 0 N–H and O–H groups in total. The third-order valence-electron chi connectivity index (χ3n) is 2.37. The predicted octanol–water partition coefficient (Wildman–Crippen LogP) is 2.64. The lowest BCUT2D eigenvalue weighted by molar-refractivity contribution is 0.590. The van der Waals surface area contributed by atoms with Gasteiger partial charge in [0.1, 0.15) is 0 Å². The highest BCUT2D eigenvalue weighted by atomic mass is 28.4. The summed E-state index contributed by atoms with van der Waals surface area (Å²) >= 11 is 0. The molecule has 0 aliphatic carbocycles. The quantitative estimate of drug-likeness (QED) is 0.685. The van der Waals surface area contributed by atoms with Crippen LogP contribution in [0.4, 0.5) is 0 Å². The molecule has 1 aromatic carbocycles. The molecular weight excluding hydrogens is 300 g/mol. The summed E-state index contributed by atoms with van der Waals surface area (Å²) in [5.41, 5.74) is 2.25. The van der Waals surface area contributed by atoms with Gasteiger partial charge < -0.3 is 8.23 Å². The molecule has 0 aliphatic rings. The summed E-state index contributed by atoms with van der Waals surface area (Å²) in [7, 11) is -1.09. The monoisotopic (exact) mass is 321 g/mol. The van der Waals surface area contributed by atoms with Crippen molar-refractivity contribution in [3.63, 3.8) is 0 Å². The van der Waals surface area contributed by atoms with E-state index in [1.165, 1.54) is 5.19 Å². The van der Waals surface area contributed by atoms with Crippen LogP contribution in [-0.2, 0) is 8.23 Å². The third kappa shape index (κ3) is 7.19. The summed E-state index contributed by atoms with van der Waals surface area (Å²) in [6.45, 7) is 12.7. The first kappa shape index (κ1) is 16.8. The van der Waals surface area contributed by atoms with Gasteiger partial charge in [-0.3, -0.25) is 0 Å². The highest BCUT2D eigenvalue weighted by molar-refractivity contribution is 6.83. The van der Waals surface area contributed by atoms with Crippen molar-refractivity contribution in [2.75, 3.05) is 0 Å². The van der Waals surface area contributed by atoms with Gasteiger partial charge in [-0.15, -0.1) is 0 Å². The van der Waals surface area contributed by atoms with E-state index >= 15 is 0 Å². The highest BCUT2D eigenvalue weighted by Crippen LogP contribution is 2.09. The van der Waals surface area contributed by atoms with E-state index in [-0.39, 0.29) is 0 Å². The maximum absolute atomic E-state index is 6.15. The van der Waals surface area contributed by atoms with Crippen molar-refractivity contribution >= 4 is 48.1 Å². The minimum atomic E-state index is -1.58. The Hall–Kier alpha value is -0.252. The Bertz CT molecular complexity index is 390. The topological polar surface area (TPSA) is 18.5 Å². The molecule has 1 aromatic rings. The molecule has 0 bridgehead atoms. The molecule has 101 valence electrons. The Morgan fingerprint density at radius 2 is 1.89 bits per heavy atom. The fourth-order valence-corrected chi connectivity index (χ4v) is 7.58. The lowest BCUT2D eigenvalue weighted by Gasteiger charge is -2.22. The van der Waals surface area contributed by atoms with Gasteiger partial charge in [0.05, 0.1) is 0 Å². The van der Waals surface area contributed by atoms with Crippen LogP contribution in [-0.4, -0.2) is 36.9 Å². The summed E-state index contributed by atoms with van der Waals surface area (Å²) in [5, 5.41) is 1.26. The van der Waals surface area contributed by atoms with E-state index in [1.54, 1.807) is 0 Å². The molecule has 19 heavy (non-hydrogen) atoms. The van der Waals surface area contributed by atoms with Gasteiger partial charge in [0.25, 0.3) is 9.76 Å². The van der Waals surface area contributed by atoms with Gasteiger partial charge in [-0.05, 0) is 42.6 Å². The molecule has 0 aliphatic heterocycles. The first-order valence-corrected chi connectivity index (χ1v) is 13.8. The zero-order chi connectivity index (χ0) is 14.3. The summed E-state index contributed by atoms with van der Waals surface area (Å²) in [5.74, 6) is 0. The van der Waals surface area contributed by atoms with Crippen molar-refractivity contribution in [3.8, 4) is 0 Å². The van der Waals surface area contributed by atoms with Crippen molar-refractivity contribution in [3.05, 3.63) is 36.4 Å². The first-order chi connectivity index (χ1) is 8.93. The number of hydrogen-bond donors (Lipinski definition) is 0. The lowest BCUT2D eigenvalue weighted by atomic mass is 10.2. The van der Waals surface area contributed by atoms with Gasteiger partial charge >= 0.3 is 0 Å². The molecule has 0 fully saturated rings. The van der Waals surface area contributed by atoms with E-state index in [1.807, 2.05) is 6.08 Å². The Kier molecular flexibility index (Phi) is 7.19. The van der Waals surface area contributed by atoms with Crippen LogP contribution < -0.4 is 5.19 Å². The molecule has 0 aromatic heterocycles. The summed E-state index contributed by atoms with van der Waals surface area (Å²) < 4.78 is 11.9. The maximum Gasteiger partial charge on any atom is 0.256 e. The van der Waals surface area contributed by atoms with Crippen molar-refractivity contribution in [2.24, 2.45) is 0 Å². The molecule has 6 heteroatoms. The van der Waals surface area contributed by atoms with Crippen LogP contribution in [0.15, 0.2) is 30.8 Å². The van der Waals surface area contributed by atoms with Gasteiger partial charge in [-0.25, -0.2) is 0 Å². The highest BCUT2D eigenvalue weighted by Gasteiger charge is 2.23. The molecular formula is C13H21O2Si4. The van der Waals surface area contributed by atoms with Gasteiger partial charge in [0.2, 0.25) is 9.76 Å². The van der Waals surface area contributed by atoms with E-state index in [9.17, 15) is 0 Å². The smallest absolute Gasteiger partial charge is 0.256 e. The van der Waals surface area contributed by atoms with Crippen molar-refractivity contribution < 1.29 is 8.23 Å². The van der Waals surface area contributed by atoms with Crippen molar-refractivity contribution in [1.82, 2.24) is 0 Å². The van der Waals surface area contributed by atoms with Crippen LogP contribution in [0.25, 0.3) is 6.08 Å². The molecule has 0 saturated heterocycles. The van der Waals surface area contributed by atoms with Gasteiger partial charge in [0.15, 0.2) is 17.4 Å². The molecule has 2 nitrogen and oxygen atoms in total. The minimum Gasteiger partial charge on any atom is -0.456 e. The van der Waals surface area contributed by atoms with Crippen LogP contribution >= 0.6 is 0 Å². The van der Waals surface area contributed by atoms with E-state index < -0.39 is 17.4 Å². The zero-order valence-electron chi connectivity index (χ0n) is 12.1. The molecule has 0 atom stereocenters. The maximum atomic E-state index is 6.15. The second kappa shape index (κ2) is 8.13. The normalized spacial score (nSPS) is 11.8. The van der Waals surface area contributed by atoms with Crippen LogP contribution in [0.5, 0.6) is 0 Å². The number of rotatable bonds is 8. The Labute approximate surface area is 125 Å². The largest absolute Gasteiger partial charge is 0.456 e. The second-order valence-electron chi connectivity index (χ2n) is 5.12. The lowest BCUT2D eigenvalue weighted by Crippen LogP contribution is -2.38. The van der Waals surface area contributed by atoms with Gasteiger partial charge in [-0.2, -0.15) is 0 Å². The number of hydrogen-bond acceptors (Lipinski definition) is 2. The minimum absolute atomic E-state index is 0.444. The third-order valence-corrected chi connectivity index (χ3v) is 11.7. The average molecular weight is 322 g/mol. The van der Waals surface area contributed by atoms with E-state index in [0.717, 1.165) is 11.2 Å². The van der Waals surface area contributed by atoms with Crippen LogP contribution in [0, 0.1) is 0 Å². The zero-order valence-corrected chi connectivity index (χ0v) is 16.1. The fourth-order valence-electron chi connectivity index (χ4n) is 1.27. The predicted molar refractivity (Wildman–Crippen MR) is 89.6 cm³/mol. The SMILES string of the molecule is C=Cc1ccc([Si]O[Si](C)(C)C[Si]O[Si](C)C)cc1. The van der Waals surface area contributed by atoms with Crippen LogP contribution in [0.2, 0.25) is 31.9 Å². The van der Waals surface area contributed by atoms with E-state index in [0.29, 0.717) is 19.5 Å². The second-order valence-corrected chi connectivity index (χ2v) is 14.6. The Morgan fingerprint density at radius 1 is 1.26 bits per heavy atom. The molecule has 0 saturated carbocycles. The average Bonchev–Trinajstić information content (AvgIpc) is 2.36. The molecule has 0 spiro atoms. The van der Waals surface area contributed by atoms with E-state index in [4.69, 9.17) is 8.23 Å². The van der Waals surface area contributed by atoms with Gasteiger partial charge in [0, 0.05) is 0 Å². The summed E-state index contributed by atoms with van der Waals surface area (Å²) in [4.78, 5) is 0. The van der Waals surface area contributed by atoms with Crippen molar-refractivity contribution in [1.29, 1.82) is 0 Å².